The Labute approximate surface area is 210 Å². The molecule has 0 aromatic carbocycles. The number of anilines is 1. The third kappa shape index (κ3) is 4.31. The zero-order valence-corrected chi connectivity index (χ0v) is 19.3. The first-order valence-corrected chi connectivity index (χ1v) is 11.2. The molecule has 38 heavy (non-hydrogen) atoms. The lowest BCUT2D eigenvalue weighted by atomic mass is 10.1. The Bertz CT molecular complexity index is 1700. The number of nitrogens with zero attached hydrogens (tertiary/aromatic N) is 4. The van der Waals surface area contributed by atoms with Gasteiger partial charge in [0.15, 0.2) is 11.3 Å². The van der Waals surface area contributed by atoms with Gasteiger partial charge in [0.05, 0.1) is 12.0 Å². The highest BCUT2D eigenvalue weighted by molar-refractivity contribution is 7.21. The van der Waals surface area contributed by atoms with Gasteiger partial charge in [0.1, 0.15) is 32.5 Å². The van der Waals surface area contributed by atoms with E-state index in [4.69, 9.17) is 10.2 Å². The summed E-state index contributed by atoms with van der Waals surface area (Å²) in [7, 11) is 0. The second-order valence-electron chi connectivity index (χ2n) is 7.68. The number of fused-ring (bicyclic) bond motifs is 2. The van der Waals surface area contributed by atoms with Gasteiger partial charge >= 0.3 is 0 Å². The largest absolute Gasteiger partial charge is 0.464 e. The Balaban J connectivity index is 1.66. The van der Waals surface area contributed by atoms with Crippen LogP contribution in [0.1, 0.15) is 56.5 Å². The fourth-order valence-electron chi connectivity index (χ4n) is 3.72. The Hall–Kier alpha value is -4.47. The van der Waals surface area contributed by atoms with E-state index in [0.29, 0.717) is 21.9 Å². The SMILES string of the molecule is NC(=O)c1sc2nc(C(F)F)cc(-c3ccco3)c2c1NC(=O)c1cc2nc(C(F)F)cc(C(F)F)n2n1. The molecule has 9 nitrogen and oxygen atoms in total. The molecule has 0 radical (unpaired) electrons. The maximum atomic E-state index is 13.5. The van der Waals surface area contributed by atoms with E-state index in [1.54, 1.807) is 0 Å². The molecule has 16 heteroatoms. The van der Waals surface area contributed by atoms with Gasteiger partial charge in [-0.3, -0.25) is 9.59 Å². The van der Waals surface area contributed by atoms with Crippen molar-refractivity contribution in [2.24, 2.45) is 5.73 Å². The number of furan rings is 1. The molecule has 0 bridgehead atoms. The highest BCUT2D eigenvalue weighted by atomic mass is 32.1. The number of halogens is 6. The van der Waals surface area contributed by atoms with E-state index in [-0.39, 0.29) is 32.1 Å². The minimum Gasteiger partial charge on any atom is -0.464 e. The van der Waals surface area contributed by atoms with Gasteiger partial charge in [-0.25, -0.2) is 40.8 Å². The Morgan fingerprint density at radius 2 is 1.71 bits per heavy atom. The molecule has 0 fully saturated rings. The minimum absolute atomic E-state index is 0.0478. The van der Waals surface area contributed by atoms with Crippen molar-refractivity contribution in [3.05, 3.63) is 64.2 Å². The lowest BCUT2D eigenvalue weighted by Crippen LogP contribution is -2.17. The van der Waals surface area contributed by atoms with Crippen LogP contribution in [0.15, 0.2) is 41.0 Å². The summed E-state index contributed by atoms with van der Waals surface area (Å²) in [4.78, 5) is 32.4. The Kier molecular flexibility index (Phi) is 6.26. The number of aromatic nitrogens is 4. The molecule has 5 aromatic rings. The first-order valence-electron chi connectivity index (χ1n) is 10.4. The lowest BCUT2D eigenvalue weighted by molar-refractivity contribution is 0.100. The fourth-order valence-corrected chi connectivity index (χ4v) is 4.74. The number of carbonyl (C=O) groups excluding carboxylic acids is 2. The summed E-state index contributed by atoms with van der Waals surface area (Å²) < 4.78 is 86.2. The number of hydrogen-bond donors (Lipinski definition) is 2. The van der Waals surface area contributed by atoms with Crippen molar-refractivity contribution >= 4 is 44.7 Å². The number of hydrogen-bond acceptors (Lipinski definition) is 7. The van der Waals surface area contributed by atoms with Gasteiger partial charge < -0.3 is 15.5 Å². The van der Waals surface area contributed by atoms with Crippen molar-refractivity contribution < 1.29 is 40.3 Å². The van der Waals surface area contributed by atoms with Crippen LogP contribution in [0, 0.1) is 0 Å². The van der Waals surface area contributed by atoms with Crippen LogP contribution in [0.5, 0.6) is 0 Å². The molecule has 0 unspecified atom stereocenters. The first-order chi connectivity index (χ1) is 18.0. The van der Waals surface area contributed by atoms with Gasteiger partial charge in [0, 0.05) is 17.0 Å². The number of carbonyl (C=O) groups is 2. The van der Waals surface area contributed by atoms with E-state index in [9.17, 15) is 35.9 Å². The van der Waals surface area contributed by atoms with Crippen LogP contribution in [0.4, 0.5) is 32.0 Å². The van der Waals surface area contributed by atoms with E-state index in [2.05, 4.69) is 20.4 Å². The number of rotatable bonds is 7. The number of amides is 2. The van der Waals surface area contributed by atoms with E-state index < -0.39 is 59.5 Å². The second-order valence-corrected chi connectivity index (χ2v) is 8.68. The summed E-state index contributed by atoms with van der Waals surface area (Å²) in [5.41, 5.74) is 1.85. The monoisotopic (exact) mass is 554 g/mol. The van der Waals surface area contributed by atoms with Gasteiger partial charge in [0.25, 0.3) is 31.1 Å². The Morgan fingerprint density at radius 1 is 1.00 bits per heavy atom. The standard InChI is InChI=1S/C22H12F6N6O3S/c23-17(24)8-4-7(12-2-1-3-37-12)14-15(16(20(29)35)38-22(14)31-8)32-21(36)10-6-13-30-9(18(25)26)5-11(19(27)28)34(13)33-10/h1-6,17-19H,(H2,29,35)(H,32,36). The molecule has 196 valence electrons. The molecule has 2 amide bonds. The molecule has 3 N–H and O–H groups in total. The van der Waals surface area contributed by atoms with E-state index in [1.165, 1.54) is 18.4 Å². The second kappa shape index (κ2) is 9.44. The van der Waals surface area contributed by atoms with E-state index >= 15 is 0 Å². The van der Waals surface area contributed by atoms with Crippen LogP contribution in [0.2, 0.25) is 0 Å². The number of primary amides is 1. The molecule has 5 rings (SSSR count). The molecule has 0 aliphatic heterocycles. The number of alkyl halides is 6. The summed E-state index contributed by atoms with van der Waals surface area (Å²) in [6, 6.07) is 5.33. The van der Waals surface area contributed by atoms with Crippen LogP contribution in [-0.4, -0.2) is 31.4 Å². The third-order valence-corrected chi connectivity index (χ3v) is 6.41. The van der Waals surface area contributed by atoms with Crippen molar-refractivity contribution in [1.29, 1.82) is 0 Å². The number of nitrogens with one attached hydrogen (secondary N) is 1. The minimum atomic E-state index is -3.22. The van der Waals surface area contributed by atoms with Crippen LogP contribution < -0.4 is 11.1 Å². The van der Waals surface area contributed by atoms with Crippen molar-refractivity contribution in [2.75, 3.05) is 5.32 Å². The van der Waals surface area contributed by atoms with Crippen LogP contribution >= 0.6 is 11.3 Å². The van der Waals surface area contributed by atoms with Crippen LogP contribution in [0.3, 0.4) is 0 Å². The molecule has 5 heterocycles. The topological polar surface area (TPSA) is 128 Å². The van der Waals surface area contributed by atoms with Crippen molar-refractivity contribution in [1.82, 2.24) is 19.6 Å². The van der Waals surface area contributed by atoms with Gasteiger partial charge in [-0.15, -0.1) is 11.3 Å². The van der Waals surface area contributed by atoms with Crippen molar-refractivity contribution in [2.45, 2.75) is 19.3 Å². The molecule has 0 aliphatic carbocycles. The molecule has 5 aromatic heterocycles. The van der Waals surface area contributed by atoms with Crippen molar-refractivity contribution in [3.8, 4) is 11.3 Å². The third-order valence-electron chi connectivity index (χ3n) is 5.31. The lowest BCUT2D eigenvalue weighted by Gasteiger charge is -2.09. The number of nitrogens with two attached hydrogens (primary N) is 1. The average Bonchev–Trinajstić information content (AvgIpc) is 3.61. The Morgan fingerprint density at radius 3 is 2.32 bits per heavy atom. The van der Waals surface area contributed by atoms with E-state index in [1.807, 2.05) is 0 Å². The van der Waals surface area contributed by atoms with Gasteiger partial charge in [-0.05, 0) is 24.3 Å². The molecule has 0 aliphatic rings. The number of pyridine rings is 1. The van der Waals surface area contributed by atoms with Crippen LogP contribution in [-0.2, 0) is 0 Å². The zero-order valence-electron chi connectivity index (χ0n) is 18.5. The summed E-state index contributed by atoms with van der Waals surface area (Å²) in [5.74, 6) is -1.97. The quantitative estimate of drug-likeness (QED) is 0.246. The normalized spacial score (nSPS) is 11.9. The van der Waals surface area contributed by atoms with Gasteiger partial charge in [0.2, 0.25) is 0 Å². The predicted octanol–water partition coefficient (Wildman–Crippen LogP) is 5.76. The molecular formula is C22H12F6N6O3S. The molecule has 0 atom stereocenters. The van der Waals surface area contributed by atoms with Crippen LogP contribution in [0.25, 0.3) is 27.2 Å². The molecule has 0 saturated carbocycles. The first kappa shape index (κ1) is 25.2. The predicted molar refractivity (Wildman–Crippen MR) is 122 cm³/mol. The summed E-state index contributed by atoms with van der Waals surface area (Å²) in [5, 5.41) is 6.19. The maximum Gasteiger partial charge on any atom is 0.280 e. The highest BCUT2D eigenvalue weighted by Gasteiger charge is 2.27. The smallest absolute Gasteiger partial charge is 0.280 e. The fraction of sp³-hybridized carbons (Fsp3) is 0.136. The van der Waals surface area contributed by atoms with E-state index in [0.717, 1.165) is 12.1 Å². The highest BCUT2D eigenvalue weighted by Crippen LogP contribution is 2.42. The molecule has 0 spiro atoms. The zero-order chi connectivity index (χ0) is 27.3. The summed E-state index contributed by atoms with van der Waals surface area (Å²) in [6.45, 7) is 0. The van der Waals surface area contributed by atoms with Gasteiger partial charge in [-0.2, -0.15) is 5.10 Å². The van der Waals surface area contributed by atoms with Gasteiger partial charge in [-0.1, -0.05) is 0 Å². The molecule has 0 saturated heterocycles. The maximum absolute atomic E-state index is 13.5. The summed E-state index contributed by atoms with van der Waals surface area (Å²) >= 11 is 0.633. The van der Waals surface area contributed by atoms with Crippen molar-refractivity contribution in [3.63, 3.8) is 0 Å². The molecular weight excluding hydrogens is 542 g/mol. The average molecular weight is 554 g/mol. The summed E-state index contributed by atoms with van der Waals surface area (Å²) in [6.07, 6.45) is -8.08. The number of thiophene rings is 1.